The molecule has 1 aromatic heterocycles. The molecule has 0 radical (unpaired) electrons. The van der Waals surface area contributed by atoms with Gasteiger partial charge in [0, 0.05) is 10.9 Å². The van der Waals surface area contributed by atoms with Crippen molar-refractivity contribution < 1.29 is 27.5 Å². The fraction of sp³-hybridized carbons (Fsp3) is 0.389. The molecule has 3 rings (SSSR count). The summed E-state index contributed by atoms with van der Waals surface area (Å²) < 4.78 is 43.8. The Bertz CT molecular complexity index is 861. The first-order valence-corrected chi connectivity index (χ1v) is 8.26. The quantitative estimate of drug-likeness (QED) is 0.824. The molecule has 5 nitrogen and oxygen atoms in total. The second kappa shape index (κ2) is 6.93. The van der Waals surface area contributed by atoms with Gasteiger partial charge in [0.1, 0.15) is 12.2 Å². The van der Waals surface area contributed by atoms with Crippen LogP contribution in [-0.4, -0.2) is 30.0 Å². The first kappa shape index (κ1) is 18.2. The lowest BCUT2D eigenvalue weighted by atomic mass is 10.00. The van der Waals surface area contributed by atoms with E-state index in [4.69, 9.17) is 4.74 Å². The molecule has 0 atom stereocenters. The molecule has 0 aliphatic heterocycles. The van der Waals surface area contributed by atoms with Gasteiger partial charge in [-0.15, -0.1) is 0 Å². The van der Waals surface area contributed by atoms with Gasteiger partial charge in [0.05, 0.1) is 12.1 Å². The van der Waals surface area contributed by atoms with E-state index < -0.39 is 23.7 Å². The topological polar surface area (TPSA) is 68.3 Å². The third-order valence-corrected chi connectivity index (χ3v) is 4.14. The largest absolute Gasteiger partial charge is 0.465 e. The van der Waals surface area contributed by atoms with Crippen molar-refractivity contribution in [2.75, 3.05) is 13.2 Å². The average Bonchev–Trinajstić information content (AvgIpc) is 3.42. The van der Waals surface area contributed by atoms with Crippen LogP contribution in [0.1, 0.15) is 47.3 Å². The van der Waals surface area contributed by atoms with Crippen LogP contribution in [0, 0.1) is 0 Å². The van der Waals surface area contributed by atoms with Crippen molar-refractivity contribution in [2.45, 2.75) is 31.9 Å². The number of benzene rings is 1. The summed E-state index contributed by atoms with van der Waals surface area (Å²) in [6.07, 6.45) is -2.78. The van der Waals surface area contributed by atoms with E-state index in [0.29, 0.717) is 10.9 Å². The zero-order valence-electron chi connectivity index (χ0n) is 14.0. The SMILES string of the molecule is CCOC(=O)CNC(=O)c1ccc(C2CC2)c2nc(C(F)(F)F)ccc12. The van der Waals surface area contributed by atoms with E-state index >= 15 is 0 Å². The van der Waals surface area contributed by atoms with E-state index in [2.05, 4.69) is 10.3 Å². The number of halogens is 3. The molecule has 1 N–H and O–H groups in total. The van der Waals surface area contributed by atoms with E-state index in [0.717, 1.165) is 18.9 Å². The van der Waals surface area contributed by atoms with Gasteiger partial charge in [-0.05, 0) is 49.4 Å². The summed E-state index contributed by atoms with van der Waals surface area (Å²) in [7, 11) is 0. The van der Waals surface area contributed by atoms with E-state index in [9.17, 15) is 22.8 Å². The van der Waals surface area contributed by atoms with Crippen molar-refractivity contribution in [3.05, 3.63) is 41.1 Å². The zero-order valence-corrected chi connectivity index (χ0v) is 14.0. The molecular formula is C18H17F3N2O3. The van der Waals surface area contributed by atoms with Gasteiger partial charge in [-0.25, -0.2) is 4.98 Å². The first-order chi connectivity index (χ1) is 12.3. The lowest BCUT2D eigenvalue weighted by molar-refractivity contribution is -0.142. The van der Waals surface area contributed by atoms with Gasteiger partial charge in [-0.2, -0.15) is 13.2 Å². The Morgan fingerprint density at radius 2 is 1.96 bits per heavy atom. The molecule has 0 bridgehead atoms. The van der Waals surface area contributed by atoms with Gasteiger partial charge in [-0.1, -0.05) is 6.07 Å². The second-order valence-electron chi connectivity index (χ2n) is 6.05. The molecule has 0 spiro atoms. The Hall–Kier alpha value is -2.64. The van der Waals surface area contributed by atoms with Crippen molar-refractivity contribution in [1.29, 1.82) is 0 Å². The average molecular weight is 366 g/mol. The minimum Gasteiger partial charge on any atom is -0.465 e. The van der Waals surface area contributed by atoms with Crippen molar-refractivity contribution in [3.8, 4) is 0 Å². The molecule has 1 fully saturated rings. The normalized spacial score (nSPS) is 14.3. The Morgan fingerprint density at radius 1 is 1.23 bits per heavy atom. The highest BCUT2D eigenvalue weighted by molar-refractivity contribution is 6.07. The highest BCUT2D eigenvalue weighted by atomic mass is 19.4. The number of pyridine rings is 1. The van der Waals surface area contributed by atoms with Crippen LogP contribution in [0.2, 0.25) is 0 Å². The standard InChI is InChI=1S/C18H17F3N2O3/c1-2-26-15(24)9-22-17(25)13-6-5-11(10-3-4-10)16-12(13)7-8-14(23-16)18(19,20)21/h5-8,10H,2-4,9H2,1H3,(H,22,25). The van der Waals surface area contributed by atoms with Gasteiger partial charge in [0.25, 0.3) is 5.91 Å². The molecule has 2 aromatic rings. The van der Waals surface area contributed by atoms with Crippen molar-refractivity contribution in [1.82, 2.24) is 10.3 Å². The van der Waals surface area contributed by atoms with Gasteiger partial charge >= 0.3 is 12.1 Å². The number of nitrogens with zero attached hydrogens (tertiary/aromatic N) is 1. The maximum absolute atomic E-state index is 13.0. The molecule has 0 unspecified atom stereocenters. The number of nitrogens with one attached hydrogen (secondary N) is 1. The van der Waals surface area contributed by atoms with Crippen LogP contribution < -0.4 is 5.32 Å². The number of alkyl halides is 3. The van der Waals surface area contributed by atoms with Gasteiger partial charge in [-0.3, -0.25) is 9.59 Å². The van der Waals surface area contributed by atoms with Crippen molar-refractivity contribution in [3.63, 3.8) is 0 Å². The fourth-order valence-electron chi connectivity index (χ4n) is 2.78. The molecule has 1 saturated carbocycles. The molecule has 0 saturated heterocycles. The number of hydrogen-bond acceptors (Lipinski definition) is 4. The predicted octanol–water partition coefficient (Wildman–Crippen LogP) is 3.42. The number of aromatic nitrogens is 1. The van der Waals surface area contributed by atoms with Crippen LogP contribution in [0.4, 0.5) is 13.2 Å². The van der Waals surface area contributed by atoms with E-state index in [-0.39, 0.29) is 30.1 Å². The summed E-state index contributed by atoms with van der Waals surface area (Å²) in [5.74, 6) is -0.977. The molecular weight excluding hydrogens is 349 g/mol. The second-order valence-corrected chi connectivity index (χ2v) is 6.05. The molecule has 8 heteroatoms. The maximum atomic E-state index is 13.0. The highest BCUT2D eigenvalue weighted by Crippen LogP contribution is 2.43. The highest BCUT2D eigenvalue weighted by Gasteiger charge is 2.34. The fourth-order valence-corrected chi connectivity index (χ4v) is 2.78. The van der Waals surface area contributed by atoms with Crippen LogP contribution in [0.25, 0.3) is 10.9 Å². The minimum atomic E-state index is -4.56. The Kier molecular flexibility index (Phi) is 4.84. The van der Waals surface area contributed by atoms with Crippen LogP contribution in [0.5, 0.6) is 0 Å². The van der Waals surface area contributed by atoms with Crippen LogP contribution >= 0.6 is 0 Å². The number of esters is 1. The van der Waals surface area contributed by atoms with E-state index in [1.165, 1.54) is 6.07 Å². The molecule has 138 valence electrons. The number of carbonyl (C=O) groups excluding carboxylic acids is 2. The number of fused-ring (bicyclic) bond motifs is 1. The molecule has 1 heterocycles. The molecule has 1 aromatic carbocycles. The molecule has 1 aliphatic rings. The smallest absolute Gasteiger partial charge is 0.433 e. The number of ether oxygens (including phenoxy) is 1. The predicted molar refractivity (Wildman–Crippen MR) is 87.7 cm³/mol. The van der Waals surface area contributed by atoms with Crippen LogP contribution in [0.3, 0.4) is 0 Å². The third kappa shape index (κ3) is 3.79. The van der Waals surface area contributed by atoms with Crippen LogP contribution in [-0.2, 0) is 15.7 Å². The Morgan fingerprint density at radius 3 is 2.58 bits per heavy atom. The van der Waals surface area contributed by atoms with Crippen LogP contribution in [0.15, 0.2) is 24.3 Å². The van der Waals surface area contributed by atoms with Gasteiger partial charge < -0.3 is 10.1 Å². The summed E-state index contributed by atoms with van der Waals surface area (Å²) in [5.41, 5.74) is 0.0880. The summed E-state index contributed by atoms with van der Waals surface area (Å²) in [6, 6.07) is 5.33. The van der Waals surface area contributed by atoms with E-state index in [1.54, 1.807) is 19.1 Å². The summed E-state index contributed by atoms with van der Waals surface area (Å²) in [6.45, 7) is 1.53. The van der Waals surface area contributed by atoms with Gasteiger partial charge in [0.15, 0.2) is 0 Å². The third-order valence-electron chi connectivity index (χ3n) is 4.14. The molecule has 1 aliphatic carbocycles. The molecule has 1 amide bonds. The number of hydrogen-bond donors (Lipinski definition) is 1. The number of rotatable bonds is 5. The Labute approximate surface area is 147 Å². The van der Waals surface area contributed by atoms with Gasteiger partial charge in [0.2, 0.25) is 0 Å². The number of amides is 1. The zero-order chi connectivity index (χ0) is 18.9. The summed E-state index contributed by atoms with van der Waals surface area (Å²) in [5, 5.41) is 2.76. The molecule has 26 heavy (non-hydrogen) atoms. The van der Waals surface area contributed by atoms with Crippen molar-refractivity contribution in [2.24, 2.45) is 0 Å². The van der Waals surface area contributed by atoms with E-state index in [1.807, 2.05) is 0 Å². The lowest BCUT2D eigenvalue weighted by Gasteiger charge is -2.13. The summed E-state index contributed by atoms with van der Waals surface area (Å²) >= 11 is 0. The number of carbonyl (C=O) groups is 2. The monoisotopic (exact) mass is 366 g/mol. The summed E-state index contributed by atoms with van der Waals surface area (Å²) in [4.78, 5) is 27.5. The minimum absolute atomic E-state index is 0.171. The Balaban J connectivity index is 1.97. The van der Waals surface area contributed by atoms with Crippen molar-refractivity contribution >= 4 is 22.8 Å². The maximum Gasteiger partial charge on any atom is 0.433 e. The first-order valence-electron chi connectivity index (χ1n) is 8.26. The lowest BCUT2D eigenvalue weighted by Crippen LogP contribution is -2.30.